The number of carbonyl (C=O) groups excluding carboxylic acids is 2. The topological polar surface area (TPSA) is 89.9 Å². The Balaban J connectivity index is 0.00000306. The van der Waals surface area contributed by atoms with Gasteiger partial charge in [-0.05, 0) is 37.8 Å². The molecule has 0 saturated heterocycles. The molecular weight excluding hydrogens is 438 g/mol. The zero-order valence-corrected chi connectivity index (χ0v) is 20.0. The van der Waals surface area contributed by atoms with E-state index in [1.807, 2.05) is 42.1 Å². The van der Waals surface area contributed by atoms with Crippen molar-refractivity contribution in [1.82, 2.24) is 20.9 Å². The molecule has 3 amide bonds. The molecule has 0 aliphatic rings. The van der Waals surface area contributed by atoms with Crippen molar-refractivity contribution < 1.29 is 26.6 Å². The van der Waals surface area contributed by atoms with Crippen molar-refractivity contribution in [3.05, 3.63) is 53.9 Å². The van der Waals surface area contributed by atoms with Crippen LogP contribution >= 0.6 is 0 Å². The number of unbranched alkanes of at least 4 members (excludes halogenated alkanes) is 2. The number of benzene rings is 2. The molecule has 2 aromatic carbocycles. The van der Waals surface area contributed by atoms with Gasteiger partial charge in [-0.2, -0.15) is 0 Å². The Labute approximate surface area is 199 Å². The molecule has 0 unspecified atom stereocenters. The first kappa shape index (κ1) is 24.3. The van der Waals surface area contributed by atoms with Crippen LogP contribution in [-0.2, 0) is 7.05 Å². The van der Waals surface area contributed by atoms with Gasteiger partial charge in [-0.15, -0.1) is 0 Å². The van der Waals surface area contributed by atoms with E-state index in [1.165, 1.54) is 5.56 Å². The fraction of sp³-hybridized carbons (Fsp3) is 0.320. The predicted octanol–water partition coefficient (Wildman–Crippen LogP) is 0.440. The average molecular weight is 468 g/mol. The van der Waals surface area contributed by atoms with Gasteiger partial charge in [0.15, 0.2) is 12.4 Å². The highest BCUT2D eigenvalue weighted by Crippen LogP contribution is 2.36. The highest BCUT2D eigenvalue weighted by atomic mass is 35.5. The molecule has 33 heavy (non-hydrogen) atoms. The summed E-state index contributed by atoms with van der Waals surface area (Å²) in [5, 5.41) is 12.7. The molecule has 4 rings (SSSR count). The van der Waals surface area contributed by atoms with Crippen molar-refractivity contribution in [2.24, 2.45) is 7.05 Å². The van der Waals surface area contributed by atoms with Crippen molar-refractivity contribution in [3.8, 4) is 0 Å². The number of carbonyl (C=O) groups is 2. The van der Waals surface area contributed by atoms with Crippen LogP contribution in [0.5, 0.6) is 0 Å². The normalized spacial score (nSPS) is 10.9. The maximum Gasteiger partial charge on any atom is 0.314 e. The molecule has 174 valence electrons. The number of nitrogens with zero attached hydrogens (tertiary/aromatic N) is 1. The lowest BCUT2D eigenvalue weighted by Crippen LogP contribution is -3.00. The lowest BCUT2D eigenvalue weighted by atomic mass is 9.95. The van der Waals surface area contributed by atoms with Gasteiger partial charge in [0.25, 0.3) is 5.91 Å². The molecule has 0 atom stereocenters. The minimum Gasteiger partial charge on any atom is -1.00 e. The summed E-state index contributed by atoms with van der Waals surface area (Å²) in [5.41, 5.74) is 3.78. The number of hydrogen-bond donors (Lipinski definition) is 4. The molecule has 0 bridgehead atoms. The van der Waals surface area contributed by atoms with Crippen LogP contribution in [0.25, 0.3) is 32.6 Å². The maximum atomic E-state index is 13.4. The number of pyridine rings is 1. The number of aromatic amines is 1. The fourth-order valence-electron chi connectivity index (χ4n) is 4.35. The molecule has 0 aliphatic carbocycles. The quantitative estimate of drug-likeness (QED) is 0.235. The number of urea groups is 1. The smallest absolute Gasteiger partial charge is 0.314 e. The Kier molecular flexibility index (Phi) is 7.76. The Morgan fingerprint density at radius 1 is 0.970 bits per heavy atom. The highest BCUT2D eigenvalue weighted by Gasteiger charge is 2.22. The van der Waals surface area contributed by atoms with Crippen molar-refractivity contribution in [1.29, 1.82) is 0 Å². The van der Waals surface area contributed by atoms with E-state index in [0.29, 0.717) is 18.7 Å². The number of hydrogen-bond acceptors (Lipinski definition) is 2. The van der Waals surface area contributed by atoms with Crippen molar-refractivity contribution in [3.63, 3.8) is 0 Å². The van der Waals surface area contributed by atoms with Crippen LogP contribution in [0.4, 0.5) is 4.79 Å². The lowest BCUT2D eigenvalue weighted by Gasteiger charge is -2.12. The van der Waals surface area contributed by atoms with Gasteiger partial charge >= 0.3 is 6.03 Å². The van der Waals surface area contributed by atoms with Crippen LogP contribution in [-0.4, -0.2) is 37.1 Å². The molecule has 0 radical (unpaired) electrons. The minimum atomic E-state index is -0.166. The Morgan fingerprint density at radius 2 is 1.70 bits per heavy atom. The lowest BCUT2D eigenvalue weighted by molar-refractivity contribution is -0.670. The van der Waals surface area contributed by atoms with Gasteiger partial charge in [0.2, 0.25) is 0 Å². The van der Waals surface area contributed by atoms with E-state index in [1.54, 1.807) is 7.05 Å². The summed E-state index contributed by atoms with van der Waals surface area (Å²) >= 11 is 0. The predicted molar refractivity (Wildman–Crippen MR) is 128 cm³/mol. The summed E-state index contributed by atoms with van der Waals surface area (Å²) in [5.74, 6) is -0.0658. The molecule has 2 heterocycles. The van der Waals surface area contributed by atoms with E-state index in [9.17, 15) is 9.59 Å². The van der Waals surface area contributed by atoms with Gasteiger partial charge in [0.1, 0.15) is 7.05 Å². The Morgan fingerprint density at radius 3 is 2.45 bits per heavy atom. The van der Waals surface area contributed by atoms with E-state index >= 15 is 0 Å². The molecule has 7 nitrogen and oxygen atoms in total. The van der Waals surface area contributed by atoms with Gasteiger partial charge in [-0.1, -0.05) is 18.2 Å². The number of halogens is 1. The first-order chi connectivity index (χ1) is 15.5. The average Bonchev–Trinajstić information content (AvgIpc) is 3.18. The second kappa shape index (κ2) is 10.5. The molecular formula is C25H30ClN5O2. The summed E-state index contributed by atoms with van der Waals surface area (Å²) in [4.78, 5) is 28.0. The SMILES string of the molecule is CNC(=O)NCCCCCNC(=O)c1c2cc[n+](C)cc2c(C)c2c1[nH]c1ccccc12.[Cl-]. The number of amides is 3. The van der Waals surface area contributed by atoms with Crippen molar-refractivity contribution in [2.75, 3.05) is 20.1 Å². The second-order valence-electron chi connectivity index (χ2n) is 8.18. The number of fused-ring (bicyclic) bond motifs is 4. The summed E-state index contributed by atoms with van der Waals surface area (Å²) < 4.78 is 2.02. The van der Waals surface area contributed by atoms with E-state index < -0.39 is 0 Å². The fourth-order valence-corrected chi connectivity index (χ4v) is 4.35. The number of H-pyrrole nitrogens is 1. The zero-order valence-electron chi connectivity index (χ0n) is 19.2. The molecule has 4 aromatic rings. The second-order valence-corrected chi connectivity index (χ2v) is 8.18. The first-order valence-electron chi connectivity index (χ1n) is 11.1. The minimum absolute atomic E-state index is 0. The van der Waals surface area contributed by atoms with Gasteiger partial charge in [-0.25, -0.2) is 9.36 Å². The Hall–Kier alpha value is -3.32. The molecule has 8 heteroatoms. The molecule has 0 aliphatic heterocycles. The number of aromatic nitrogens is 2. The van der Waals surface area contributed by atoms with E-state index in [4.69, 9.17) is 0 Å². The van der Waals surface area contributed by atoms with Gasteiger partial charge in [0, 0.05) is 47.9 Å². The summed E-state index contributed by atoms with van der Waals surface area (Å²) in [6, 6.07) is 10.0. The molecule has 0 fully saturated rings. The van der Waals surface area contributed by atoms with E-state index in [0.717, 1.165) is 51.8 Å². The Bertz CT molecular complexity index is 1310. The van der Waals surface area contributed by atoms with E-state index in [2.05, 4.69) is 40.1 Å². The zero-order chi connectivity index (χ0) is 22.7. The van der Waals surface area contributed by atoms with Gasteiger partial charge < -0.3 is 33.3 Å². The van der Waals surface area contributed by atoms with Crippen LogP contribution in [0.3, 0.4) is 0 Å². The van der Waals surface area contributed by atoms with Crippen LogP contribution in [0.2, 0.25) is 0 Å². The van der Waals surface area contributed by atoms with Crippen LogP contribution < -0.4 is 32.9 Å². The van der Waals surface area contributed by atoms with E-state index in [-0.39, 0.29) is 24.3 Å². The first-order valence-corrected chi connectivity index (χ1v) is 11.1. The van der Waals surface area contributed by atoms with Gasteiger partial charge in [0.05, 0.1) is 16.5 Å². The van der Waals surface area contributed by atoms with Crippen molar-refractivity contribution in [2.45, 2.75) is 26.2 Å². The highest BCUT2D eigenvalue weighted by molar-refractivity contribution is 6.24. The molecule has 0 saturated carbocycles. The molecule has 4 N–H and O–H groups in total. The van der Waals surface area contributed by atoms with Crippen molar-refractivity contribution >= 4 is 44.5 Å². The summed E-state index contributed by atoms with van der Waals surface area (Å²) in [6.45, 7) is 3.35. The maximum absolute atomic E-state index is 13.4. The molecule has 0 spiro atoms. The number of aryl methyl sites for hydroxylation is 2. The number of rotatable bonds is 7. The van der Waals surface area contributed by atoms with Crippen LogP contribution in [0.1, 0.15) is 35.2 Å². The standard InChI is InChI=1S/C25H29N5O2.ClH/c1-16-19-15-30(3)14-11-17(19)22(23-21(16)18-9-5-6-10-20(18)29-23)24(31)27-12-7-4-8-13-28-25(32)26-2;/h5-6,9-11,14-15H,4,7-8,12-13H2,1-3H3,(H3,26,27,28,31,32);1H. The largest absolute Gasteiger partial charge is 1.00 e. The summed E-state index contributed by atoms with van der Waals surface area (Å²) in [7, 11) is 3.60. The van der Waals surface area contributed by atoms with Crippen LogP contribution in [0.15, 0.2) is 42.7 Å². The van der Waals surface area contributed by atoms with Gasteiger partial charge in [-0.3, -0.25) is 4.79 Å². The third-order valence-electron chi connectivity index (χ3n) is 5.98. The third kappa shape index (κ3) is 4.88. The monoisotopic (exact) mass is 467 g/mol. The molecule has 2 aromatic heterocycles. The number of para-hydroxylation sites is 1. The number of nitrogens with one attached hydrogen (secondary N) is 4. The third-order valence-corrected chi connectivity index (χ3v) is 5.98. The van der Waals surface area contributed by atoms with Crippen LogP contribution in [0, 0.1) is 6.92 Å². The summed E-state index contributed by atoms with van der Waals surface area (Å²) in [6.07, 6.45) is 6.72.